The van der Waals surface area contributed by atoms with Crippen molar-refractivity contribution in [2.75, 3.05) is 32.2 Å². The van der Waals surface area contributed by atoms with Gasteiger partial charge in [0.15, 0.2) is 6.61 Å². The van der Waals surface area contributed by atoms with Crippen LogP contribution in [0.2, 0.25) is 0 Å². The van der Waals surface area contributed by atoms with Crippen LogP contribution in [0.5, 0.6) is 11.6 Å². The highest BCUT2D eigenvalue weighted by molar-refractivity contribution is 9.10. The van der Waals surface area contributed by atoms with Crippen LogP contribution >= 0.6 is 15.9 Å². The molecule has 0 radical (unpaired) electrons. The SMILES string of the molecule is COCCOc1ncccc1NC(=O)COc1ccc2ccccc2c1Br. The van der Waals surface area contributed by atoms with Crippen molar-refractivity contribution < 1.29 is 19.0 Å². The summed E-state index contributed by atoms with van der Waals surface area (Å²) < 4.78 is 17.0. The molecule has 1 aromatic heterocycles. The number of fused-ring (bicyclic) bond motifs is 1. The fourth-order valence-electron chi connectivity index (χ4n) is 2.48. The molecular weight excluding hydrogens is 412 g/mol. The molecule has 1 N–H and O–H groups in total. The minimum absolute atomic E-state index is 0.136. The molecule has 2 aromatic carbocycles. The van der Waals surface area contributed by atoms with Crippen molar-refractivity contribution in [3.8, 4) is 11.6 Å². The van der Waals surface area contributed by atoms with E-state index in [0.717, 1.165) is 15.2 Å². The fraction of sp³-hybridized carbons (Fsp3) is 0.200. The molecule has 0 aliphatic heterocycles. The number of aromatic nitrogens is 1. The van der Waals surface area contributed by atoms with Crippen LogP contribution in [0.4, 0.5) is 5.69 Å². The summed E-state index contributed by atoms with van der Waals surface area (Å²) in [5.74, 6) is 0.640. The van der Waals surface area contributed by atoms with Gasteiger partial charge in [0.25, 0.3) is 5.91 Å². The lowest BCUT2D eigenvalue weighted by Crippen LogP contribution is -2.21. The molecule has 0 aliphatic carbocycles. The summed E-state index contributed by atoms with van der Waals surface area (Å²) >= 11 is 3.55. The van der Waals surface area contributed by atoms with Crippen LogP contribution in [0.3, 0.4) is 0 Å². The molecular formula is C20H19BrN2O4. The fourth-order valence-corrected chi connectivity index (χ4v) is 3.09. The number of carbonyl (C=O) groups excluding carboxylic acids is 1. The summed E-state index contributed by atoms with van der Waals surface area (Å²) in [6.45, 7) is 0.642. The maximum Gasteiger partial charge on any atom is 0.262 e. The van der Waals surface area contributed by atoms with Crippen LogP contribution in [0.25, 0.3) is 10.8 Å². The molecule has 3 rings (SSSR count). The lowest BCUT2D eigenvalue weighted by molar-refractivity contribution is -0.118. The Hall–Kier alpha value is -2.64. The number of carbonyl (C=O) groups is 1. The number of rotatable bonds is 8. The van der Waals surface area contributed by atoms with Gasteiger partial charge >= 0.3 is 0 Å². The first kappa shape index (κ1) is 19.1. The van der Waals surface area contributed by atoms with Crippen LogP contribution in [0, 0.1) is 0 Å². The number of nitrogens with one attached hydrogen (secondary N) is 1. The third-order valence-electron chi connectivity index (χ3n) is 3.76. The van der Waals surface area contributed by atoms with E-state index in [1.165, 1.54) is 0 Å². The topological polar surface area (TPSA) is 69.7 Å². The van der Waals surface area contributed by atoms with Crippen LogP contribution in [0.15, 0.2) is 59.2 Å². The zero-order valence-corrected chi connectivity index (χ0v) is 16.4. The lowest BCUT2D eigenvalue weighted by atomic mass is 10.1. The van der Waals surface area contributed by atoms with Crippen LogP contribution in [-0.2, 0) is 9.53 Å². The van der Waals surface area contributed by atoms with Crippen molar-refractivity contribution in [1.82, 2.24) is 4.98 Å². The molecule has 140 valence electrons. The Balaban J connectivity index is 1.63. The lowest BCUT2D eigenvalue weighted by Gasteiger charge is -2.12. The molecule has 7 heteroatoms. The third-order valence-corrected chi connectivity index (χ3v) is 4.58. The molecule has 1 heterocycles. The summed E-state index contributed by atoms with van der Waals surface area (Å²) in [6.07, 6.45) is 1.60. The van der Waals surface area contributed by atoms with Crippen molar-refractivity contribution in [2.45, 2.75) is 0 Å². The molecule has 0 saturated heterocycles. The first-order valence-corrected chi connectivity index (χ1v) is 9.15. The molecule has 3 aromatic rings. The number of methoxy groups -OCH3 is 1. The highest BCUT2D eigenvalue weighted by atomic mass is 79.9. The Labute approximate surface area is 165 Å². The number of pyridine rings is 1. The van der Waals surface area contributed by atoms with Crippen molar-refractivity contribution >= 4 is 38.3 Å². The Bertz CT molecular complexity index is 933. The summed E-state index contributed by atoms with van der Waals surface area (Å²) in [6, 6.07) is 15.2. The Morgan fingerprint density at radius 1 is 1.07 bits per heavy atom. The van der Waals surface area contributed by atoms with Gasteiger partial charge in [-0.2, -0.15) is 0 Å². The number of benzene rings is 2. The normalized spacial score (nSPS) is 10.6. The number of anilines is 1. The number of ether oxygens (including phenoxy) is 3. The van der Waals surface area contributed by atoms with E-state index in [9.17, 15) is 4.79 Å². The third kappa shape index (κ3) is 4.96. The predicted octanol–water partition coefficient (Wildman–Crippen LogP) is 4.04. The minimum Gasteiger partial charge on any atom is -0.483 e. The number of hydrogen-bond acceptors (Lipinski definition) is 5. The Kier molecular flexibility index (Phi) is 6.62. The van der Waals surface area contributed by atoms with E-state index in [-0.39, 0.29) is 12.5 Å². The number of amides is 1. The van der Waals surface area contributed by atoms with Gasteiger partial charge in [-0.3, -0.25) is 4.79 Å². The Morgan fingerprint density at radius 3 is 2.78 bits per heavy atom. The molecule has 0 aliphatic rings. The summed E-state index contributed by atoms with van der Waals surface area (Å²) in [5.41, 5.74) is 0.486. The van der Waals surface area contributed by atoms with Gasteiger partial charge in [0.1, 0.15) is 18.0 Å². The molecule has 1 amide bonds. The quantitative estimate of drug-likeness (QED) is 0.546. The standard InChI is InChI=1S/C20H19BrN2O4/c1-25-11-12-26-20-16(7-4-10-22-20)23-18(24)13-27-17-9-8-14-5-2-3-6-15(14)19(17)21/h2-10H,11-13H2,1H3,(H,23,24). The molecule has 0 spiro atoms. The summed E-state index contributed by atoms with van der Waals surface area (Å²) in [5, 5.41) is 4.87. The first-order valence-electron chi connectivity index (χ1n) is 8.35. The summed E-state index contributed by atoms with van der Waals surface area (Å²) in [4.78, 5) is 16.4. The highest BCUT2D eigenvalue weighted by Crippen LogP contribution is 2.33. The van der Waals surface area contributed by atoms with Gasteiger partial charge in [-0.25, -0.2) is 4.98 Å². The zero-order chi connectivity index (χ0) is 19.1. The number of nitrogens with zero attached hydrogens (tertiary/aromatic N) is 1. The minimum atomic E-state index is -0.306. The average Bonchev–Trinajstić information content (AvgIpc) is 2.69. The van der Waals surface area contributed by atoms with Gasteiger partial charge in [0, 0.05) is 13.3 Å². The average molecular weight is 431 g/mol. The van der Waals surface area contributed by atoms with Gasteiger partial charge in [-0.15, -0.1) is 0 Å². The summed E-state index contributed by atoms with van der Waals surface area (Å²) in [7, 11) is 1.59. The monoisotopic (exact) mass is 430 g/mol. The highest BCUT2D eigenvalue weighted by Gasteiger charge is 2.11. The van der Waals surface area contributed by atoms with Crippen LogP contribution < -0.4 is 14.8 Å². The zero-order valence-electron chi connectivity index (χ0n) is 14.8. The van der Waals surface area contributed by atoms with Crippen molar-refractivity contribution in [1.29, 1.82) is 0 Å². The number of halogens is 1. The van der Waals surface area contributed by atoms with E-state index in [1.807, 2.05) is 36.4 Å². The largest absolute Gasteiger partial charge is 0.483 e. The van der Waals surface area contributed by atoms with E-state index in [0.29, 0.717) is 30.5 Å². The predicted molar refractivity (Wildman–Crippen MR) is 107 cm³/mol. The van der Waals surface area contributed by atoms with E-state index < -0.39 is 0 Å². The van der Waals surface area contributed by atoms with E-state index in [2.05, 4.69) is 26.2 Å². The molecule has 0 saturated carbocycles. The molecule has 27 heavy (non-hydrogen) atoms. The van der Waals surface area contributed by atoms with Gasteiger partial charge in [0.2, 0.25) is 5.88 Å². The van der Waals surface area contributed by atoms with Crippen molar-refractivity contribution in [2.24, 2.45) is 0 Å². The molecule has 0 bridgehead atoms. The maximum atomic E-state index is 12.3. The van der Waals surface area contributed by atoms with Gasteiger partial charge in [-0.1, -0.05) is 30.3 Å². The van der Waals surface area contributed by atoms with E-state index in [1.54, 1.807) is 25.4 Å². The van der Waals surface area contributed by atoms with Crippen LogP contribution in [0.1, 0.15) is 0 Å². The maximum absolute atomic E-state index is 12.3. The van der Waals surface area contributed by atoms with Gasteiger partial charge < -0.3 is 19.5 Å². The second-order valence-corrected chi connectivity index (χ2v) is 6.43. The molecule has 0 fully saturated rings. The first-order chi connectivity index (χ1) is 13.2. The number of hydrogen-bond donors (Lipinski definition) is 1. The van der Waals surface area contributed by atoms with Gasteiger partial charge in [0.05, 0.1) is 11.1 Å². The molecule has 0 unspecified atom stereocenters. The van der Waals surface area contributed by atoms with E-state index >= 15 is 0 Å². The van der Waals surface area contributed by atoms with Gasteiger partial charge in [-0.05, 0) is 44.9 Å². The van der Waals surface area contributed by atoms with Crippen molar-refractivity contribution in [3.05, 3.63) is 59.2 Å². The smallest absolute Gasteiger partial charge is 0.262 e. The molecule has 6 nitrogen and oxygen atoms in total. The van der Waals surface area contributed by atoms with Crippen LogP contribution in [-0.4, -0.2) is 37.8 Å². The second-order valence-electron chi connectivity index (χ2n) is 5.63. The second kappa shape index (κ2) is 9.34. The Morgan fingerprint density at radius 2 is 1.93 bits per heavy atom. The van der Waals surface area contributed by atoms with Crippen molar-refractivity contribution in [3.63, 3.8) is 0 Å². The molecule has 0 atom stereocenters. The van der Waals surface area contributed by atoms with E-state index in [4.69, 9.17) is 14.2 Å².